The van der Waals surface area contributed by atoms with E-state index in [0.29, 0.717) is 26.2 Å². The number of para-hydroxylation sites is 2. The zero-order chi connectivity index (χ0) is 25.2. The monoisotopic (exact) mass is 505 g/mol. The fourth-order valence-corrected chi connectivity index (χ4v) is 6.18. The molecule has 4 aromatic carbocycles. The fourth-order valence-electron chi connectivity index (χ4n) is 5.12. The molecule has 2 aliphatic rings. The molecule has 4 aromatic rings. The van der Waals surface area contributed by atoms with Crippen molar-refractivity contribution in [3.63, 3.8) is 0 Å². The van der Waals surface area contributed by atoms with Crippen LogP contribution < -0.4 is 4.90 Å². The predicted octanol–water partition coefficient (Wildman–Crippen LogP) is 6.39. The number of hydrogen-bond donors (Lipinski definition) is 0. The Bertz CT molecular complexity index is 1330. The van der Waals surface area contributed by atoms with Crippen molar-refractivity contribution in [2.24, 2.45) is 0 Å². The quantitative estimate of drug-likeness (QED) is 0.324. The first-order valence-corrected chi connectivity index (χ1v) is 13.4. The van der Waals surface area contributed by atoms with Crippen LogP contribution in [-0.2, 0) is 4.79 Å². The standard InChI is InChI=1S/C31H27N3O2S/c35-30(29(23-11-3-1-4-12-23)24-13-5-2-6-14-24)32-19-21-33(22-20-32)31(36)34-25-15-7-9-17-27(25)37-28-18-10-8-16-26(28)34/h1-18,29H,19-22H2. The predicted molar refractivity (Wildman–Crippen MR) is 147 cm³/mol. The Labute approximate surface area is 221 Å². The Morgan fingerprint density at radius 3 is 1.51 bits per heavy atom. The van der Waals surface area contributed by atoms with Gasteiger partial charge in [0, 0.05) is 36.0 Å². The van der Waals surface area contributed by atoms with Crippen molar-refractivity contribution in [3.05, 3.63) is 120 Å². The van der Waals surface area contributed by atoms with Crippen molar-refractivity contribution in [1.29, 1.82) is 0 Å². The molecule has 0 bridgehead atoms. The lowest BCUT2D eigenvalue weighted by molar-refractivity contribution is -0.133. The average Bonchev–Trinajstić information content (AvgIpc) is 2.97. The first kappa shape index (κ1) is 23.4. The molecule has 3 amide bonds. The minimum Gasteiger partial charge on any atom is -0.338 e. The number of hydrogen-bond acceptors (Lipinski definition) is 3. The third-order valence-corrected chi connectivity index (χ3v) is 8.13. The first-order valence-electron chi connectivity index (χ1n) is 12.5. The highest BCUT2D eigenvalue weighted by atomic mass is 32.2. The third kappa shape index (κ3) is 4.49. The van der Waals surface area contributed by atoms with E-state index in [4.69, 9.17) is 0 Å². The van der Waals surface area contributed by atoms with Gasteiger partial charge in [-0.2, -0.15) is 0 Å². The van der Waals surface area contributed by atoms with Crippen LogP contribution in [0.2, 0.25) is 0 Å². The van der Waals surface area contributed by atoms with E-state index in [1.54, 1.807) is 11.8 Å². The van der Waals surface area contributed by atoms with Gasteiger partial charge < -0.3 is 9.80 Å². The fraction of sp³-hybridized carbons (Fsp3) is 0.161. The maximum Gasteiger partial charge on any atom is 0.329 e. The van der Waals surface area contributed by atoms with Crippen LogP contribution >= 0.6 is 11.8 Å². The Balaban J connectivity index is 1.22. The highest BCUT2D eigenvalue weighted by Crippen LogP contribution is 2.48. The Kier molecular flexibility index (Phi) is 6.41. The second kappa shape index (κ2) is 10.1. The Morgan fingerprint density at radius 1 is 0.568 bits per heavy atom. The molecule has 0 N–H and O–H groups in total. The van der Waals surface area contributed by atoms with E-state index < -0.39 is 0 Å². The molecule has 0 atom stereocenters. The van der Waals surface area contributed by atoms with Gasteiger partial charge in [0.25, 0.3) is 0 Å². The van der Waals surface area contributed by atoms with Gasteiger partial charge in [-0.1, -0.05) is 96.7 Å². The van der Waals surface area contributed by atoms with Crippen molar-refractivity contribution < 1.29 is 9.59 Å². The largest absolute Gasteiger partial charge is 0.338 e. The van der Waals surface area contributed by atoms with E-state index in [-0.39, 0.29) is 17.9 Å². The number of anilines is 2. The summed E-state index contributed by atoms with van der Waals surface area (Å²) in [5.74, 6) is -0.280. The molecule has 184 valence electrons. The second-order valence-electron chi connectivity index (χ2n) is 9.22. The molecule has 0 radical (unpaired) electrons. The van der Waals surface area contributed by atoms with Crippen LogP contribution in [0.15, 0.2) is 119 Å². The molecule has 1 saturated heterocycles. The molecule has 2 heterocycles. The first-order chi connectivity index (χ1) is 18.2. The van der Waals surface area contributed by atoms with Gasteiger partial charge in [0.2, 0.25) is 5.91 Å². The van der Waals surface area contributed by atoms with E-state index in [9.17, 15) is 9.59 Å². The molecule has 37 heavy (non-hydrogen) atoms. The minimum absolute atomic E-state index is 0.0463. The van der Waals surface area contributed by atoms with E-state index in [0.717, 1.165) is 32.3 Å². The number of urea groups is 1. The maximum absolute atomic E-state index is 13.9. The summed E-state index contributed by atoms with van der Waals surface area (Å²) in [7, 11) is 0. The van der Waals surface area contributed by atoms with Gasteiger partial charge >= 0.3 is 6.03 Å². The summed E-state index contributed by atoms with van der Waals surface area (Å²) in [5.41, 5.74) is 3.78. The number of benzene rings is 4. The molecule has 0 unspecified atom stereocenters. The van der Waals surface area contributed by atoms with Crippen molar-refractivity contribution in [2.45, 2.75) is 15.7 Å². The van der Waals surface area contributed by atoms with Crippen molar-refractivity contribution >= 4 is 35.1 Å². The number of rotatable bonds is 3. The van der Waals surface area contributed by atoms with E-state index >= 15 is 0 Å². The van der Waals surface area contributed by atoms with E-state index in [1.807, 2.05) is 112 Å². The van der Waals surface area contributed by atoms with E-state index in [2.05, 4.69) is 12.1 Å². The number of carbonyl (C=O) groups excluding carboxylic acids is 2. The van der Waals surface area contributed by atoms with Crippen molar-refractivity contribution in [2.75, 3.05) is 31.1 Å². The highest BCUT2D eigenvalue weighted by molar-refractivity contribution is 7.99. The number of piperazine rings is 1. The minimum atomic E-state index is -0.359. The lowest BCUT2D eigenvalue weighted by atomic mass is 9.90. The number of fused-ring (bicyclic) bond motifs is 2. The van der Waals surface area contributed by atoms with Crippen LogP contribution in [0.3, 0.4) is 0 Å². The van der Waals surface area contributed by atoms with Gasteiger partial charge in [-0.3, -0.25) is 9.69 Å². The van der Waals surface area contributed by atoms with Crippen LogP contribution in [0.5, 0.6) is 0 Å². The highest BCUT2D eigenvalue weighted by Gasteiger charge is 2.35. The summed E-state index contributed by atoms with van der Waals surface area (Å²) < 4.78 is 0. The number of amides is 3. The smallest absolute Gasteiger partial charge is 0.329 e. The maximum atomic E-state index is 13.9. The van der Waals surface area contributed by atoms with Crippen molar-refractivity contribution in [1.82, 2.24) is 9.80 Å². The molecule has 0 aliphatic carbocycles. The van der Waals surface area contributed by atoms with Crippen LogP contribution in [0.4, 0.5) is 16.2 Å². The summed E-state index contributed by atoms with van der Waals surface area (Å²) >= 11 is 1.69. The van der Waals surface area contributed by atoms with Gasteiger partial charge in [0.1, 0.15) is 0 Å². The lowest BCUT2D eigenvalue weighted by Gasteiger charge is -2.40. The molecule has 1 fully saturated rings. The summed E-state index contributed by atoms with van der Waals surface area (Å²) in [6.07, 6.45) is 0. The van der Waals surface area contributed by atoms with Crippen LogP contribution in [-0.4, -0.2) is 47.9 Å². The van der Waals surface area contributed by atoms with Crippen molar-refractivity contribution in [3.8, 4) is 0 Å². The van der Waals surface area contributed by atoms with Gasteiger partial charge in [0.15, 0.2) is 0 Å². The molecule has 6 rings (SSSR count). The van der Waals surface area contributed by atoms with Crippen LogP contribution in [0.1, 0.15) is 17.0 Å². The number of nitrogens with zero attached hydrogens (tertiary/aromatic N) is 3. The zero-order valence-corrected chi connectivity index (χ0v) is 21.2. The van der Waals surface area contributed by atoms with Gasteiger partial charge in [-0.15, -0.1) is 0 Å². The van der Waals surface area contributed by atoms with Gasteiger partial charge in [-0.25, -0.2) is 4.79 Å². The Hall–Kier alpha value is -4.03. The second-order valence-corrected chi connectivity index (χ2v) is 10.3. The average molecular weight is 506 g/mol. The number of carbonyl (C=O) groups is 2. The summed E-state index contributed by atoms with van der Waals surface area (Å²) in [6, 6.07) is 35.9. The summed E-state index contributed by atoms with van der Waals surface area (Å²) in [5, 5.41) is 0. The summed E-state index contributed by atoms with van der Waals surface area (Å²) in [4.78, 5) is 35.4. The van der Waals surface area contributed by atoms with E-state index in [1.165, 1.54) is 0 Å². The lowest BCUT2D eigenvalue weighted by Crippen LogP contribution is -2.54. The molecule has 6 heteroatoms. The van der Waals surface area contributed by atoms with Crippen LogP contribution in [0.25, 0.3) is 0 Å². The Morgan fingerprint density at radius 2 is 1.00 bits per heavy atom. The topological polar surface area (TPSA) is 43.9 Å². The molecular weight excluding hydrogens is 478 g/mol. The molecule has 2 aliphatic heterocycles. The molecule has 0 aromatic heterocycles. The molecule has 0 spiro atoms. The van der Waals surface area contributed by atoms with Gasteiger partial charge in [0.05, 0.1) is 17.3 Å². The zero-order valence-electron chi connectivity index (χ0n) is 20.4. The van der Waals surface area contributed by atoms with Crippen LogP contribution in [0, 0.1) is 0 Å². The molecule has 5 nitrogen and oxygen atoms in total. The summed E-state index contributed by atoms with van der Waals surface area (Å²) in [6.45, 7) is 2.00. The third-order valence-electron chi connectivity index (χ3n) is 7.00. The molecular formula is C31H27N3O2S. The van der Waals surface area contributed by atoms with Gasteiger partial charge in [-0.05, 0) is 35.4 Å². The normalized spacial score (nSPS) is 14.8. The molecule has 0 saturated carbocycles. The SMILES string of the molecule is O=C(C(c1ccccc1)c1ccccc1)N1CCN(C(=O)N2c3ccccc3Sc3ccccc32)CC1.